The average molecular weight is 669 g/mol. The van der Waals surface area contributed by atoms with Crippen LogP contribution in [0.4, 0.5) is 0 Å². The van der Waals surface area contributed by atoms with Crippen LogP contribution < -0.4 is 10.6 Å². The number of carbonyl (C=O) groups excluding carboxylic acids is 5. The van der Waals surface area contributed by atoms with Crippen LogP contribution in [0.1, 0.15) is 99.5 Å². The van der Waals surface area contributed by atoms with Gasteiger partial charge in [0.05, 0.1) is 18.3 Å². The summed E-state index contributed by atoms with van der Waals surface area (Å²) >= 11 is 6.24. The number of rotatable bonds is 11. The van der Waals surface area contributed by atoms with Crippen molar-refractivity contribution in [2.45, 2.75) is 118 Å². The molecule has 2 N–H and O–H groups in total. The second-order valence-electron chi connectivity index (χ2n) is 16.3. The van der Waals surface area contributed by atoms with Gasteiger partial charge < -0.3 is 20.4 Å². The standard InChI is InChI=1S/C36H49ClN4O6/c1-9-26(42)27(43)23(15-20-13-14-20)38-30(44)25-18-36(17-24(40-47-36)21-11-10-12-22(37)16-21)19-41(25)32(46)29(33(2,3)4)39-31(45)28-34(5,6)35(28,7)8/h10-12,16,20,23,25,28-29H,9,13-15,17-19H2,1-8H3,(H,38,44)(H,39,45)/t23-,25-,29+,36+/m0/s1. The van der Waals surface area contributed by atoms with E-state index in [0.717, 1.165) is 18.4 Å². The van der Waals surface area contributed by atoms with Gasteiger partial charge in [-0.25, -0.2) is 0 Å². The molecule has 4 atom stereocenters. The van der Waals surface area contributed by atoms with Gasteiger partial charge in [0.2, 0.25) is 23.5 Å². The Morgan fingerprint density at radius 2 is 1.70 bits per heavy atom. The molecular weight excluding hydrogens is 620 g/mol. The maximum atomic E-state index is 14.6. The molecule has 256 valence electrons. The zero-order chi connectivity index (χ0) is 34.7. The van der Waals surface area contributed by atoms with Crippen molar-refractivity contribution in [2.24, 2.45) is 33.2 Å². The Balaban J connectivity index is 1.43. The number of oxime groups is 1. The summed E-state index contributed by atoms with van der Waals surface area (Å²) in [5.74, 6) is -2.28. The lowest BCUT2D eigenvalue weighted by atomic mass is 9.85. The molecule has 2 aliphatic heterocycles. The zero-order valence-electron chi connectivity index (χ0n) is 28.9. The summed E-state index contributed by atoms with van der Waals surface area (Å²) in [6.45, 7) is 15.5. The minimum atomic E-state index is -1.02. The highest BCUT2D eigenvalue weighted by molar-refractivity contribution is 6.39. The average Bonchev–Trinajstić information content (AvgIpc) is 3.73. The summed E-state index contributed by atoms with van der Waals surface area (Å²) in [6, 6.07) is 4.33. The lowest BCUT2D eigenvalue weighted by Crippen LogP contribution is -2.59. The molecular formula is C36H49ClN4O6. The van der Waals surface area contributed by atoms with Gasteiger partial charge in [-0.3, -0.25) is 24.0 Å². The molecule has 0 bridgehead atoms. The Kier molecular flexibility index (Phi) is 9.18. The molecule has 4 aliphatic rings. The van der Waals surface area contributed by atoms with E-state index in [1.54, 1.807) is 19.1 Å². The van der Waals surface area contributed by atoms with Crippen molar-refractivity contribution >= 4 is 46.6 Å². The van der Waals surface area contributed by atoms with Crippen molar-refractivity contribution in [1.29, 1.82) is 0 Å². The first-order valence-electron chi connectivity index (χ1n) is 16.8. The predicted octanol–water partition coefficient (Wildman–Crippen LogP) is 4.85. The van der Waals surface area contributed by atoms with E-state index in [1.807, 2.05) is 60.6 Å². The van der Waals surface area contributed by atoms with Gasteiger partial charge in [0, 0.05) is 35.8 Å². The molecule has 3 fully saturated rings. The number of likely N-dealkylation sites (tertiary alicyclic amines) is 1. The van der Waals surface area contributed by atoms with Crippen LogP contribution >= 0.6 is 11.6 Å². The molecule has 1 aromatic carbocycles. The third kappa shape index (κ3) is 6.85. The van der Waals surface area contributed by atoms with Crippen LogP contribution in [0.3, 0.4) is 0 Å². The van der Waals surface area contributed by atoms with Gasteiger partial charge in [0.1, 0.15) is 12.1 Å². The Hall–Kier alpha value is -3.27. The van der Waals surface area contributed by atoms with Gasteiger partial charge in [-0.2, -0.15) is 0 Å². The van der Waals surface area contributed by atoms with E-state index in [0.29, 0.717) is 23.6 Å². The second kappa shape index (κ2) is 12.3. The van der Waals surface area contributed by atoms with Crippen molar-refractivity contribution in [3.05, 3.63) is 34.9 Å². The number of nitrogens with zero attached hydrogens (tertiary/aromatic N) is 2. The van der Waals surface area contributed by atoms with Crippen LogP contribution in [0.25, 0.3) is 0 Å². The number of carbonyl (C=O) groups is 5. The Morgan fingerprint density at radius 3 is 2.26 bits per heavy atom. The number of halogens is 1. The summed E-state index contributed by atoms with van der Waals surface area (Å²) in [4.78, 5) is 75.4. The van der Waals surface area contributed by atoms with Gasteiger partial charge in [-0.05, 0) is 40.7 Å². The lowest BCUT2D eigenvalue weighted by Gasteiger charge is -2.36. The number of nitrogens with one attached hydrogen (secondary N) is 2. The zero-order valence-corrected chi connectivity index (χ0v) is 29.6. The first-order chi connectivity index (χ1) is 21.8. The van der Waals surface area contributed by atoms with Crippen LogP contribution in [-0.2, 0) is 28.8 Å². The molecule has 0 radical (unpaired) electrons. The molecule has 1 aromatic rings. The number of amides is 3. The first-order valence-corrected chi connectivity index (χ1v) is 17.2. The van der Waals surface area contributed by atoms with E-state index in [9.17, 15) is 24.0 Å². The molecule has 11 heteroatoms. The van der Waals surface area contributed by atoms with Crippen molar-refractivity contribution in [1.82, 2.24) is 15.5 Å². The van der Waals surface area contributed by atoms with E-state index in [2.05, 4.69) is 15.8 Å². The van der Waals surface area contributed by atoms with Gasteiger partial charge in [-0.15, -0.1) is 0 Å². The molecule has 3 amide bonds. The summed E-state index contributed by atoms with van der Waals surface area (Å²) < 4.78 is 0. The van der Waals surface area contributed by atoms with E-state index >= 15 is 0 Å². The van der Waals surface area contributed by atoms with Crippen molar-refractivity contribution in [3.63, 3.8) is 0 Å². The topological polar surface area (TPSA) is 134 Å². The third-order valence-corrected chi connectivity index (χ3v) is 11.4. The molecule has 0 aromatic heterocycles. The van der Waals surface area contributed by atoms with Crippen LogP contribution in [-0.4, -0.2) is 70.2 Å². The summed E-state index contributed by atoms with van der Waals surface area (Å²) in [6.07, 6.45) is 2.76. The largest absolute Gasteiger partial charge is 0.387 e. The third-order valence-electron chi connectivity index (χ3n) is 11.2. The molecule has 0 unspecified atom stereocenters. The van der Waals surface area contributed by atoms with Gasteiger partial charge >= 0.3 is 0 Å². The normalized spacial score (nSPS) is 25.9. The Labute approximate surface area is 282 Å². The fourth-order valence-corrected chi connectivity index (χ4v) is 7.59. The fraction of sp³-hybridized carbons (Fsp3) is 0.667. The minimum Gasteiger partial charge on any atom is -0.387 e. The summed E-state index contributed by atoms with van der Waals surface area (Å²) in [7, 11) is 0. The van der Waals surface area contributed by atoms with Gasteiger partial charge in [0.15, 0.2) is 11.4 Å². The second-order valence-corrected chi connectivity index (χ2v) is 16.7. The van der Waals surface area contributed by atoms with Gasteiger partial charge in [0.25, 0.3) is 0 Å². The minimum absolute atomic E-state index is 0.0477. The fourth-order valence-electron chi connectivity index (χ4n) is 7.40. The molecule has 2 saturated carbocycles. The van der Waals surface area contributed by atoms with E-state index in [4.69, 9.17) is 16.4 Å². The van der Waals surface area contributed by atoms with Crippen molar-refractivity contribution in [3.8, 4) is 0 Å². The highest BCUT2D eigenvalue weighted by atomic mass is 35.5. The maximum absolute atomic E-state index is 14.6. The molecule has 2 heterocycles. The van der Waals surface area contributed by atoms with Crippen LogP contribution in [0, 0.1) is 28.1 Å². The maximum Gasteiger partial charge on any atom is 0.246 e. The summed E-state index contributed by atoms with van der Waals surface area (Å²) in [5.41, 5.74) is -0.722. The van der Waals surface area contributed by atoms with Gasteiger partial charge in [-0.1, -0.05) is 97.1 Å². The number of ketones is 2. The molecule has 2 aliphatic carbocycles. The molecule has 47 heavy (non-hydrogen) atoms. The SMILES string of the molecule is CCC(=O)C(=O)[C@H](CC1CC1)NC(=O)[C@@H]1C[C@]2(CC(c3cccc(Cl)c3)=NO2)CN1C(=O)[C@@H](NC(=O)C1C(C)(C)C1(C)C)C(C)(C)C. The number of hydrogen-bond donors (Lipinski definition) is 2. The molecule has 10 nitrogen and oxygen atoms in total. The number of hydrogen-bond acceptors (Lipinski definition) is 7. The van der Waals surface area contributed by atoms with Crippen molar-refractivity contribution in [2.75, 3.05) is 6.54 Å². The molecule has 5 rings (SSSR count). The van der Waals surface area contributed by atoms with Crippen LogP contribution in [0.5, 0.6) is 0 Å². The first kappa shape index (κ1) is 35.0. The summed E-state index contributed by atoms with van der Waals surface area (Å²) in [5, 5.41) is 10.8. The smallest absolute Gasteiger partial charge is 0.246 e. The Morgan fingerprint density at radius 1 is 1.04 bits per heavy atom. The monoisotopic (exact) mass is 668 g/mol. The molecule has 1 saturated heterocycles. The lowest BCUT2D eigenvalue weighted by molar-refractivity contribution is -0.145. The predicted molar refractivity (Wildman–Crippen MR) is 179 cm³/mol. The highest BCUT2D eigenvalue weighted by Gasteiger charge is 2.68. The van der Waals surface area contributed by atoms with E-state index in [-0.39, 0.29) is 48.0 Å². The number of Topliss-reactive ketones (excluding diaryl/α,β-unsaturated/α-hetero) is 2. The van der Waals surface area contributed by atoms with Crippen LogP contribution in [0.2, 0.25) is 5.02 Å². The molecule has 1 spiro atoms. The quantitative estimate of drug-likeness (QED) is 0.324. The van der Waals surface area contributed by atoms with E-state index in [1.165, 1.54) is 4.90 Å². The van der Waals surface area contributed by atoms with Crippen molar-refractivity contribution < 1.29 is 28.8 Å². The van der Waals surface area contributed by atoms with Crippen LogP contribution in [0.15, 0.2) is 29.4 Å². The Bertz CT molecular complexity index is 1490. The highest BCUT2D eigenvalue weighted by Crippen LogP contribution is 2.68. The number of benzene rings is 1. The van der Waals surface area contributed by atoms with E-state index < -0.39 is 52.5 Å².